The number of nitrogens with one attached hydrogen (secondary N) is 1. The van der Waals surface area contributed by atoms with Crippen molar-refractivity contribution in [3.05, 3.63) is 64.7 Å². The highest BCUT2D eigenvalue weighted by Gasteiger charge is 2.34. The van der Waals surface area contributed by atoms with Gasteiger partial charge in [0.1, 0.15) is 5.75 Å². The minimum absolute atomic E-state index is 0.136. The van der Waals surface area contributed by atoms with Crippen LogP contribution in [0.3, 0.4) is 0 Å². The fourth-order valence-electron chi connectivity index (χ4n) is 3.93. The zero-order valence-corrected chi connectivity index (χ0v) is 15.0. The number of aromatic nitrogens is 1. The summed E-state index contributed by atoms with van der Waals surface area (Å²) in [5.41, 5.74) is 3.55. The Kier molecular flexibility index (Phi) is 3.15. The van der Waals surface area contributed by atoms with E-state index < -0.39 is 11.8 Å². The minimum atomic E-state index is -0.428. The maximum atomic E-state index is 12.7. The van der Waals surface area contributed by atoms with Crippen molar-refractivity contribution in [3.8, 4) is 16.9 Å². The van der Waals surface area contributed by atoms with Gasteiger partial charge in [0.15, 0.2) is 0 Å². The smallest absolute Gasteiger partial charge is 0.259 e. The van der Waals surface area contributed by atoms with Crippen LogP contribution in [0, 0.1) is 0 Å². The molecule has 0 radical (unpaired) electrons. The van der Waals surface area contributed by atoms with E-state index in [1.54, 1.807) is 24.3 Å². The molecule has 4 aromatic rings. The van der Waals surface area contributed by atoms with E-state index in [1.165, 1.54) is 0 Å². The molecule has 0 saturated heterocycles. The third-order valence-corrected chi connectivity index (χ3v) is 5.45. The van der Waals surface area contributed by atoms with Gasteiger partial charge in [-0.2, -0.15) is 0 Å². The first kappa shape index (κ1) is 15.9. The first-order valence-corrected chi connectivity index (χ1v) is 8.74. The zero-order chi connectivity index (χ0) is 18.9. The van der Waals surface area contributed by atoms with E-state index in [0.717, 1.165) is 16.4 Å². The zero-order valence-electron chi connectivity index (χ0n) is 14.2. The molecule has 0 fully saturated rings. The molecule has 3 aromatic carbocycles. The normalized spacial score (nSPS) is 13.4. The predicted octanol–water partition coefficient (Wildman–Crippen LogP) is 4.24. The van der Waals surface area contributed by atoms with E-state index >= 15 is 0 Å². The van der Waals surface area contributed by atoms with Crippen molar-refractivity contribution in [3.63, 3.8) is 0 Å². The molecular weight excluding hydrogens is 364 g/mol. The number of rotatable bonds is 1. The van der Waals surface area contributed by atoms with Gasteiger partial charge in [0.2, 0.25) is 0 Å². The number of hydrogen-bond donors (Lipinski definition) is 2. The SMILES string of the molecule is Cn1c2cc(O)ccc2c2c3c(c(-c4ccccc4Cl)cc21)C(=O)NC3=O. The van der Waals surface area contributed by atoms with E-state index in [9.17, 15) is 14.7 Å². The van der Waals surface area contributed by atoms with Gasteiger partial charge in [0.05, 0.1) is 22.2 Å². The lowest BCUT2D eigenvalue weighted by atomic mass is 9.93. The van der Waals surface area contributed by atoms with Crippen molar-refractivity contribution < 1.29 is 14.7 Å². The molecule has 1 aliphatic heterocycles. The molecule has 6 heteroatoms. The maximum Gasteiger partial charge on any atom is 0.259 e. The molecule has 2 amide bonds. The molecule has 0 spiro atoms. The number of phenols is 1. The molecule has 27 heavy (non-hydrogen) atoms. The van der Waals surface area contributed by atoms with Gasteiger partial charge in [-0.1, -0.05) is 29.8 Å². The quantitative estimate of drug-likeness (QED) is 0.488. The molecule has 0 bridgehead atoms. The van der Waals surface area contributed by atoms with E-state index in [-0.39, 0.29) is 5.75 Å². The minimum Gasteiger partial charge on any atom is -0.508 e. The lowest BCUT2D eigenvalue weighted by Crippen LogP contribution is -2.20. The van der Waals surface area contributed by atoms with Crippen LogP contribution in [0.15, 0.2) is 48.5 Å². The number of halogens is 1. The Morgan fingerprint density at radius 2 is 1.67 bits per heavy atom. The molecule has 2 N–H and O–H groups in total. The van der Waals surface area contributed by atoms with Crippen molar-refractivity contribution in [2.75, 3.05) is 0 Å². The van der Waals surface area contributed by atoms with Gasteiger partial charge in [-0.25, -0.2) is 0 Å². The third-order valence-electron chi connectivity index (χ3n) is 5.13. The fraction of sp³-hybridized carbons (Fsp3) is 0.0476. The van der Waals surface area contributed by atoms with E-state index in [1.807, 2.05) is 35.9 Å². The molecule has 2 heterocycles. The summed E-state index contributed by atoms with van der Waals surface area (Å²) < 4.78 is 1.90. The Labute approximate surface area is 158 Å². The number of benzene rings is 3. The number of imide groups is 1. The molecule has 5 rings (SSSR count). The molecule has 1 aromatic heterocycles. The second-order valence-corrected chi connectivity index (χ2v) is 7.00. The molecule has 5 nitrogen and oxygen atoms in total. The topological polar surface area (TPSA) is 71.3 Å². The highest BCUT2D eigenvalue weighted by molar-refractivity contribution is 6.36. The van der Waals surface area contributed by atoms with Gasteiger partial charge in [0, 0.05) is 34.5 Å². The lowest BCUT2D eigenvalue weighted by molar-refractivity contribution is 0.0880. The first-order chi connectivity index (χ1) is 13.0. The van der Waals surface area contributed by atoms with Crippen LogP contribution < -0.4 is 5.32 Å². The number of aromatic hydroxyl groups is 1. The summed E-state index contributed by atoms with van der Waals surface area (Å²) in [5, 5.41) is 14.3. The van der Waals surface area contributed by atoms with Crippen LogP contribution in [-0.2, 0) is 7.05 Å². The average Bonchev–Trinajstić information content (AvgIpc) is 3.09. The summed E-state index contributed by atoms with van der Waals surface area (Å²) >= 11 is 6.38. The van der Waals surface area contributed by atoms with Crippen molar-refractivity contribution in [2.45, 2.75) is 0 Å². The number of carbonyl (C=O) groups is 2. The highest BCUT2D eigenvalue weighted by atomic mass is 35.5. The summed E-state index contributed by atoms with van der Waals surface area (Å²) in [6, 6.07) is 14.1. The molecule has 0 saturated carbocycles. The van der Waals surface area contributed by atoms with E-state index in [4.69, 9.17) is 11.6 Å². The van der Waals surface area contributed by atoms with Crippen molar-refractivity contribution in [1.82, 2.24) is 9.88 Å². The number of carbonyl (C=O) groups excluding carboxylic acids is 2. The van der Waals surface area contributed by atoms with Gasteiger partial charge >= 0.3 is 0 Å². The summed E-state index contributed by atoms with van der Waals surface area (Å²) in [6.45, 7) is 0. The molecule has 132 valence electrons. The fourth-order valence-corrected chi connectivity index (χ4v) is 4.17. The van der Waals surface area contributed by atoms with Crippen LogP contribution in [0.25, 0.3) is 32.9 Å². The van der Waals surface area contributed by atoms with Crippen LogP contribution in [0.1, 0.15) is 20.7 Å². The first-order valence-electron chi connectivity index (χ1n) is 8.36. The van der Waals surface area contributed by atoms with Crippen molar-refractivity contribution >= 4 is 45.2 Å². The number of amides is 2. The lowest BCUT2D eigenvalue weighted by Gasteiger charge is -2.10. The standard InChI is InChI=1S/C21H13ClN2O3/c1-24-15-8-10(25)6-7-12(15)17-16(24)9-13(11-4-2-3-5-14(11)22)18-19(17)21(27)23-20(18)26/h2-9,25H,1H3,(H,23,26,27). The van der Waals surface area contributed by atoms with Crippen LogP contribution in [0.4, 0.5) is 0 Å². The molecular formula is C21H13ClN2O3. The Morgan fingerprint density at radius 1 is 0.926 bits per heavy atom. The maximum absolute atomic E-state index is 12.7. The van der Waals surface area contributed by atoms with Gasteiger partial charge < -0.3 is 9.67 Å². The Balaban J connectivity index is 2.03. The van der Waals surface area contributed by atoms with Gasteiger partial charge in [-0.05, 0) is 29.8 Å². The van der Waals surface area contributed by atoms with Crippen molar-refractivity contribution in [1.29, 1.82) is 0 Å². The van der Waals surface area contributed by atoms with Crippen LogP contribution in [0.5, 0.6) is 5.75 Å². The van der Waals surface area contributed by atoms with Crippen LogP contribution in [-0.4, -0.2) is 21.5 Å². The number of hydrogen-bond acceptors (Lipinski definition) is 3. The van der Waals surface area contributed by atoms with E-state index in [0.29, 0.717) is 32.7 Å². The second-order valence-electron chi connectivity index (χ2n) is 6.59. The summed E-state index contributed by atoms with van der Waals surface area (Å²) in [6.07, 6.45) is 0. The van der Waals surface area contributed by atoms with Gasteiger partial charge in [0.25, 0.3) is 11.8 Å². The summed E-state index contributed by atoms with van der Waals surface area (Å²) in [7, 11) is 1.86. The largest absolute Gasteiger partial charge is 0.508 e. The highest BCUT2D eigenvalue weighted by Crippen LogP contribution is 2.42. The third kappa shape index (κ3) is 2.06. The number of phenolic OH excluding ortho intramolecular Hbond substituents is 1. The van der Waals surface area contributed by atoms with Gasteiger partial charge in [-0.3, -0.25) is 14.9 Å². The summed E-state index contributed by atoms with van der Waals surface area (Å²) in [4.78, 5) is 25.3. The number of fused-ring (bicyclic) bond motifs is 5. The van der Waals surface area contributed by atoms with Crippen LogP contribution >= 0.6 is 11.6 Å². The van der Waals surface area contributed by atoms with Crippen molar-refractivity contribution in [2.24, 2.45) is 7.05 Å². The number of aryl methyl sites for hydroxylation is 1. The Morgan fingerprint density at radius 3 is 2.44 bits per heavy atom. The molecule has 0 atom stereocenters. The van der Waals surface area contributed by atoms with E-state index in [2.05, 4.69) is 5.32 Å². The van der Waals surface area contributed by atoms with Crippen LogP contribution in [0.2, 0.25) is 5.02 Å². The Hall–Kier alpha value is -3.31. The Bertz CT molecular complexity index is 1320. The summed E-state index contributed by atoms with van der Waals surface area (Å²) in [5.74, 6) is -0.714. The molecule has 0 unspecified atom stereocenters. The number of nitrogens with zero attached hydrogens (tertiary/aromatic N) is 1. The monoisotopic (exact) mass is 376 g/mol. The second kappa shape index (κ2) is 5.34. The van der Waals surface area contributed by atoms with Gasteiger partial charge in [-0.15, -0.1) is 0 Å². The molecule has 0 aliphatic carbocycles. The predicted molar refractivity (Wildman–Crippen MR) is 104 cm³/mol. The molecule has 1 aliphatic rings. The average molecular weight is 377 g/mol.